The Morgan fingerprint density at radius 1 is 0.449 bits per heavy atom. The monoisotopic (exact) mass is 951 g/mol. The molecule has 0 aromatic rings. The van der Waals surface area contributed by atoms with Crippen LogP contribution in [0.15, 0.2) is 34.9 Å². The van der Waals surface area contributed by atoms with Gasteiger partial charge in [-0.3, -0.25) is 14.4 Å². The number of esters is 3. The minimum Gasteiger partial charge on any atom is -0.461 e. The highest BCUT2D eigenvalue weighted by Crippen LogP contribution is 2.67. The van der Waals surface area contributed by atoms with Crippen LogP contribution >= 0.6 is 0 Å². The molecule has 0 bridgehead atoms. The lowest BCUT2D eigenvalue weighted by molar-refractivity contribution is -0.197. The standard InChI is InChI=1S/C63H98O6/c1-39(2)42-16-22-49-45(34-42)19-25-52-58(49,7)28-13-31-61(52,10)55(64)67-37-48(69-57(66)63(12)33-15-30-60(9)51-24-18-44(41(5)6)36-47(51)21-27-54(60)63)38-68-56(65)62(11)32-14-29-59(8)50-23-17-43(40(3)4)35-46(50)20-26-53(59)62/h34-36,39-41,45-54H,13-33,37-38H2,1-12H3. The van der Waals surface area contributed by atoms with Crippen LogP contribution in [-0.4, -0.2) is 37.2 Å². The van der Waals surface area contributed by atoms with Crippen molar-refractivity contribution in [2.45, 2.75) is 224 Å². The molecular formula is C63H98O6. The predicted molar refractivity (Wildman–Crippen MR) is 278 cm³/mol. The first-order valence-electron chi connectivity index (χ1n) is 29.3. The first-order valence-corrected chi connectivity index (χ1v) is 29.3. The largest absolute Gasteiger partial charge is 0.461 e. The molecule has 0 heterocycles. The summed E-state index contributed by atoms with van der Waals surface area (Å²) < 4.78 is 19.8. The molecule has 0 amide bonds. The van der Waals surface area contributed by atoms with Crippen LogP contribution in [-0.2, 0) is 28.6 Å². The van der Waals surface area contributed by atoms with E-state index in [0.29, 0.717) is 53.3 Å². The maximum atomic E-state index is 15.2. The number of fused-ring (bicyclic) bond motifs is 9. The summed E-state index contributed by atoms with van der Waals surface area (Å²) in [6.07, 6.45) is 29.5. The lowest BCUT2D eigenvalue weighted by atomic mass is 9.44. The molecule has 9 rings (SSSR count). The molecule has 6 fully saturated rings. The number of ether oxygens (including phenoxy) is 3. The molecule has 9 aliphatic rings. The van der Waals surface area contributed by atoms with Crippen LogP contribution < -0.4 is 0 Å². The molecule has 6 saturated carbocycles. The first-order chi connectivity index (χ1) is 32.6. The average Bonchev–Trinajstić information content (AvgIpc) is 3.31. The Labute approximate surface area is 420 Å². The lowest BCUT2D eigenvalue weighted by Gasteiger charge is -2.60. The Morgan fingerprint density at radius 3 is 1.06 bits per heavy atom. The van der Waals surface area contributed by atoms with Crippen LogP contribution in [0.1, 0.15) is 218 Å². The molecule has 0 aliphatic heterocycles. The number of hydrogen-bond donors (Lipinski definition) is 0. The fourth-order valence-electron chi connectivity index (χ4n) is 19.7. The average molecular weight is 951 g/mol. The normalized spacial score (nSPS) is 44.4. The summed E-state index contributed by atoms with van der Waals surface area (Å²) in [7, 11) is 0. The lowest BCUT2D eigenvalue weighted by Crippen LogP contribution is -2.57. The fourth-order valence-corrected chi connectivity index (χ4v) is 19.7. The molecule has 6 nitrogen and oxygen atoms in total. The third-order valence-electron chi connectivity index (χ3n) is 23.6. The van der Waals surface area contributed by atoms with E-state index in [-0.39, 0.29) is 65.1 Å². The van der Waals surface area contributed by atoms with E-state index in [1.54, 1.807) is 16.7 Å². The molecule has 69 heavy (non-hydrogen) atoms. The van der Waals surface area contributed by atoms with Gasteiger partial charge in [-0.2, -0.15) is 0 Å². The highest BCUT2D eigenvalue weighted by molar-refractivity contribution is 5.79. The van der Waals surface area contributed by atoms with Gasteiger partial charge in [0.2, 0.25) is 0 Å². The van der Waals surface area contributed by atoms with Gasteiger partial charge in [0.15, 0.2) is 6.10 Å². The summed E-state index contributed by atoms with van der Waals surface area (Å²) in [4.78, 5) is 45.0. The Balaban J connectivity index is 0.943. The maximum absolute atomic E-state index is 15.2. The van der Waals surface area contributed by atoms with Gasteiger partial charge in [0.1, 0.15) is 13.2 Å². The molecule has 9 aliphatic carbocycles. The van der Waals surface area contributed by atoms with E-state index in [1.165, 1.54) is 32.1 Å². The van der Waals surface area contributed by atoms with Crippen LogP contribution in [0.2, 0.25) is 0 Å². The summed E-state index contributed by atoms with van der Waals surface area (Å²) in [5.74, 6) is 5.48. The number of carbonyl (C=O) groups is 3. The van der Waals surface area contributed by atoms with Crippen LogP contribution in [0.4, 0.5) is 0 Å². The predicted octanol–water partition coefficient (Wildman–Crippen LogP) is 15.6. The third kappa shape index (κ3) is 8.81. The van der Waals surface area contributed by atoms with Gasteiger partial charge in [0.05, 0.1) is 16.2 Å². The van der Waals surface area contributed by atoms with Crippen molar-refractivity contribution >= 4 is 17.9 Å². The molecule has 386 valence electrons. The van der Waals surface area contributed by atoms with Crippen molar-refractivity contribution in [3.63, 3.8) is 0 Å². The highest BCUT2D eigenvalue weighted by atomic mass is 16.6. The summed E-state index contributed by atoms with van der Waals surface area (Å²) in [5, 5.41) is 0. The number of hydrogen-bond acceptors (Lipinski definition) is 6. The van der Waals surface area contributed by atoms with E-state index in [2.05, 4.69) is 101 Å². The van der Waals surface area contributed by atoms with E-state index in [9.17, 15) is 9.59 Å². The van der Waals surface area contributed by atoms with Gasteiger partial charge < -0.3 is 14.2 Å². The van der Waals surface area contributed by atoms with Crippen molar-refractivity contribution < 1.29 is 28.6 Å². The zero-order chi connectivity index (χ0) is 49.5. The maximum Gasteiger partial charge on any atom is 0.312 e. The Kier molecular flexibility index (Phi) is 14.3. The van der Waals surface area contributed by atoms with Crippen LogP contribution in [0, 0.1) is 104 Å². The third-order valence-corrected chi connectivity index (χ3v) is 23.6. The molecule has 0 aromatic heterocycles. The molecular weight excluding hydrogens is 853 g/mol. The van der Waals surface area contributed by atoms with Gasteiger partial charge in [0.25, 0.3) is 0 Å². The second-order valence-corrected chi connectivity index (χ2v) is 28.1. The number of allylic oxidation sites excluding steroid dienone is 6. The molecule has 0 aromatic carbocycles. The van der Waals surface area contributed by atoms with Crippen molar-refractivity contribution in [2.24, 2.45) is 104 Å². The molecule has 0 radical (unpaired) electrons. The van der Waals surface area contributed by atoms with Crippen molar-refractivity contribution in [3.05, 3.63) is 34.9 Å². The first kappa shape index (κ1) is 51.5. The molecule has 15 unspecified atom stereocenters. The van der Waals surface area contributed by atoms with Gasteiger partial charge in [-0.1, -0.05) is 117 Å². The van der Waals surface area contributed by atoms with Crippen molar-refractivity contribution in [1.82, 2.24) is 0 Å². The smallest absolute Gasteiger partial charge is 0.312 e. The summed E-state index contributed by atoms with van der Waals surface area (Å²) >= 11 is 0. The van der Waals surface area contributed by atoms with E-state index in [1.807, 2.05) is 0 Å². The van der Waals surface area contributed by atoms with Gasteiger partial charge in [-0.25, -0.2) is 0 Å². The molecule has 0 N–H and O–H groups in total. The summed E-state index contributed by atoms with van der Waals surface area (Å²) in [5.41, 5.74) is 3.16. The second kappa shape index (κ2) is 19.2. The topological polar surface area (TPSA) is 78.9 Å². The van der Waals surface area contributed by atoms with Crippen molar-refractivity contribution in [3.8, 4) is 0 Å². The van der Waals surface area contributed by atoms with Gasteiger partial charge >= 0.3 is 17.9 Å². The van der Waals surface area contributed by atoms with Crippen LogP contribution in [0.3, 0.4) is 0 Å². The quantitative estimate of drug-likeness (QED) is 0.117. The van der Waals surface area contributed by atoms with Gasteiger partial charge in [0, 0.05) is 0 Å². The highest BCUT2D eigenvalue weighted by Gasteiger charge is 2.63. The zero-order valence-corrected chi connectivity index (χ0v) is 46.0. The van der Waals surface area contributed by atoms with Crippen LogP contribution in [0.5, 0.6) is 0 Å². The molecule has 0 spiro atoms. The Hall–Kier alpha value is -2.37. The SMILES string of the molecule is CC(C)C1=CC2CCC3C(C)(C(=O)OCC(COC(=O)C4(C)CCCC5(C)C6CCC(C(C)C)=CC6CCC45)OC(=O)C4(C)CCCC5(C)C6CCC(C(C)C)=CC6CCC45)CCCC3(C)C2CC1. The Morgan fingerprint density at radius 2 is 0.754 bits per heavy atom. The van der Waals surface area contributed by atoms with Crippen molar-refractivity contribution in [2.75, 3.05) is 13.2 Å². The van der Waals surface area contributed by atoms with Crippen LogP contribution in [0.25, 0.3) is 0 Å². The molecule has 0 saturated heterocycles. The number of rotatable bonds is 11. The minimum absolute atomic E-state index is 0.0553. The van der Waals surface area contributed by atoms with E-state index < -0.39 is 22.3 Å². The number of carbonyl (C=O) groups excluding carboxylic acids is 3. The zero-order valence-electron chi connectivity index (χ0n) is 46.0. The summed E-state index contributed by atoms with van der Waals surface area (Å²) in [6.45, 7) is 27.9. The van der Waals surface area contributed by atoms with Gasteiger partial charge in [-0.15, -0.1) is 0 Å². The fraction of sp³-hybridized carbons (Fsp3) is 0.857. The summed E-state index contributed by atoms with van der Waals surface area (Å²) in [6, 6.07) is 0. The Bertz CT molecular complexity index is 1950. The molecule has 15 atom stereocenters. The minimum atomic E-state index is -0.863. The molecule has 6 heteroatoms. The van der Waals surface area contributed by atoms with E-state index >= 15 is 4.79 Å². The van der Waals surface area contributed by atoms with E-state index in [4.69, 9.17) is 14.2 Å². The van der Waals surface area contributed by atoms with Gasteiger partial charge in [-0.05, 0) is 224 Å². The van der Waals surface area contributed by atoms with E-state index in [0.717, 1.165) is 103 Å². The second-order valence-electron chi connectivity index (χ2n) is 28.1. The van der Waals surface area contributed by atoms with Crippen molar-refractivity contribution in [1.29, 1.82) is 0 Å².